The molecular formula is C15H20N2O. The molecule has 3 nitrogen and oxygen atoms in total. The van der Waals surface area contributed by atoms with Crippen molar-refractivity contribution >= 4 is 5.69 Å². The zero-order chi connectivity index (χ0) is 12.8. The maximum atomic E-state index is 9.08. The van der Waals surface area contributed by atoms with Gasteiger partial charge in [-0.15, -0.1) is 0 Å². The van der Waals surface area contributed by atoms with Crippen LogP contribution < -0.4 is 5.32 Å². The van der Waals surface area contributed by atoms with Crippen LogP contribution in [0.1, 0.15) is 24.5 Å². The van der Waals surface area contributed by atoms with Gasteiger partial charge in [0, 0.05) is 31.2 Å². The molecule has 0 radical (unpaired) electrons. The molecule has 1 aromatic carbocycles. The van der Waals surface area contributed by atoms with E-state index >= 15 is 0 Å². The molecule has 1 heterocycles. The molecule has 0 saturated heterocycles. The molecule has 18 heavy (non-hydrogen) atoms. The van der Waals surface area contributed by atoms with E-state index in [-0.39, 0.29) is 6.61 Å². The molecule has 0 aliphatic carbocycles. The monoisotopic (exact) mass is 244 g/mol. The summed E-state index contributed by atoms with van der Waals surface area (Å²) in [7, 11) is 0. The molecular weight excluding hydrogens is 224 g/mol. The molecule has 96 valence electrons. The van der Waals surface area contributed by atoms with Crippen molar-refractivity contribution in [3.8, 4) is 0 Å². The minimum absolute atomic E-state index is 0.0857. The van der Waals surface area contributed by atoms with Crippen molar-refractivity contribution in [3.05, 3.63) is 53.9 Å². The minimum Gasteiger partial charge on any atom is -0.392 e. The van der Waals surface area contributed by atoms with Gasteiger partial charge in [-0.05, 0) is 35.7 Å². The number of hydrogen-bond donors (Lipinski definition) is 2. The van der Waals surface area contributed by atoms with Crippen LogP contribution in [0.25, 0.3) is 0 Å². The van der Waals surface area contributed by atoms with E-state index < -0.39 is 0 Å². The van der Waals surface area contributed by atoms with E-state index in [4.69, 9.17) is 5.11 Å². The van der Waals surface area contributed by atoms with Crippen LogP contribution >= 0.6 is 0 Å². The molecule has 2 aromatic rings. The van der Waals surface area contributed by atoms with E-state index in [1.165, 1.54) is 5.56 Å². The molecule has 2 N–H and O–H groups in total. The van der Waals surface area contributed by atoms with Gasteiger partial charge < -0.3 is 15.0 Å². The second kappa shape index (κ2) is 6.26. The van der Waals surface area contributed by atoms with Crippen molar-refractivity contribution in [2.24, 2.45) is 0 Å². The Balaban J connectivity index is 1.93. The van der Waals surface area contributed by atoms with Crippen LogP contribution in [-0.2, 0) is 19.7 Å². The van der Waals surface area contributed by atoms with Crippen LogP contribution in [0.5, 0.6) is 0 Å². The Bertz CT molecular complexity index is 491. The number of anilines is 1. The molecule has 0 saturated carbocycles. The first kappa shape index (κ1) is 12.7. The summed E-state index contributed by atoms with van der Waals surface area (Å²) in [5.41, 5.74) is 3.26. The van der Waals surface area contributed by atoms with Crippen molar-refractivity contribution in [1.82, 2.24) is 4.57 Å². The first-order valence-electron chi connectivity index (χ1n) is 6.40. The normalized spacial score (nSPS) is 10.6. The molecule has 0 fully saturated rings. The van der Waals surface area contributed by atoms with E-state index in [1.807, 2.05) is 24.3 Å². The van der Waals surface area contributed by atoms with Crippen molar-refractivity contribution in [2.75, 3.05) is 5.32 Å². The third-order valence-corrected chi connectivity index (χ3v) is 2.90. The van der Waals surface area contributed by atoms with Gasteiger partial charge in [-0.3, -0.25) is 0 Å². The molecule has 3 heteroatoms. The fourth-order valence-corrected chi connectivity index (χ4v) is 1.98. The number of rotatable bonds is 6. The molecule has 0 amide bonds. The van der Waals surface area contributed by atoms with Crippen molar-refractivity contribution in [3.63, 3.8) is 0 Å². The third kappa shape index (κ3) is 3.37. The van der Waals surface area contributed by atoms with Crippen molar-refractivity contribution < 1.29 is 5.11 Å². The maximum Gasteiger partial charge on any atom is 0.0682 e. The van der Waals surface area contributed by atoms with E-state index in [2.05, 4.69) is 35.3 Å². The lowest BCUT2D eigenvalue weighted by Crippen LogP contribution is -1.99. The van der Waals surface area contributed by atoms with Crippen LogP contribution in [0.3, 0.4) is 0 Å². The minimum atomic E-state index is 0.0857. The Morgan fingerprint density at radius 2 is 2.11 bits per heavy atom. The fraction of sp³-hybridized carbons (Fsp3) is 0.333. The lowest BCUT2D eigenvalue weighted by Gasteiger charge is -2.06. The average molecular weight is 244 g/mol. The first-order chi connectivity index (χ1) is 8.81. The second-order valence-electron chi connectivity index (χ2n) is 4.47. The Kier molecular flexibility index (Phi) is 4.42. The largest absolute Gasteiger partial charge is 0.392 e. The maximum absolute atomic E-state index is 9.08. The number of aliphatic hydroxyl groups is 1. The molecule has 0 aliphatic heterocycles. The highest BCUT2D eigenvalue weighted by Crippen LogP contribution is 2.12. The summed E-state index contributed by atoms with van der Waals surface area (Å²) in [4.78, 5) is 0. The summed E-state index contributed by atoms with van der Waals surface area (Å²) in [5, 5.41) is 12.4. The molecule has 0 spiro atoms. The van der Waals surface area contributed by atoms with Gasteiger partial charge >= 0.3 is 0 Å². The van der Waals surface area contributed by atoms with Gasteiger partial charge in [-0.25, -0.2) is 0 Å². The SMILES string of the molecule is CCCn1ccc(CNc2cccc(CO)c2)c1. The highest BCUT2D eigenvalue weighted by molar-refractivity contribution is 5.46. The summed E-state index contributed by atoms with van der Waals surface area (Å²) < 4.78 is 2.21. The number of aromatic nitrogens is 1. The summed E-state index contributed by atoms with van der Waals surface area (Å²) >= 11 is 0. The number of hydrogen-bond acceptors (Lipinski definition) is 2. The zero-order valence-electron chi connectivity index (χ0n) is 10.8. The Hall–Kier alpha value is -1.74. The highest BCUT2D eigenvalue weighted by atomic mass is 16.3. The standard InChI is InChI=1S/C15H20N2O/c1-2-7-17-8-6-14(11-17)10-16-15-5-3-4-13(9-15)12-18/h3-6,8-9,11,16,18H,2,7,10,12H2,1H3. The van der Waals surface area contributed by atoms with Crippen molar-refractivity contribution in [1.29, 1.82) is 0 Å². The summed E-state index contributed by atoms with van der Waals surface area (Å²) in [5.74, 6) is 0. The van der Waals surface area contributed by atoms with Gasteiger partial charge in [0.25, 0.3) is 0 Å². The number of aliphatic hydroxyl groups excluding tert-OH is 1. The molecule has 0 unspecified atom stereocenters. The van der Waals surface area contributed by atoms with Gasteiger partial charge in [0.1, 0.15) is 0 Å². The smallest absolute Gasteiger partial charge is 0.0682 e. The van der Waals surface area contributed by atoms with Crippen LogP contribution in [0.4, 0.5) is 5.69 Å². The van der Waals surface area contributed by atoms with Crippen LogP contribution in [-0.4, -0.2) is 9.67 Å². The molecule has 1 aromatic heterocycles. The molecule has 0 bridgehead atoms. The summed E-state index contributed by atoms with van der Waals surface area (Å²) in [6.07, 6.45) is 5.44. The van der Waals surface area contributed by atoms with Gasteiger partial charge in [0.15, 0.2) is 0 Å². The predicted molar refractivity (Wildman–Crippen MR) is 74.4 cm³/mol. The van der Waals surface area contributed by atoms with Crippen molar-refractivity contribution in [2.45, 2.75) is 33.0 Å². The number of benzene rings is 1. The van der Waals surface area contributed by atoms with E-state index in [1.54, 1.807) is 0 Å². The number of nitrogens with zero attached hydrogens (tertiary/aromatic N) is 1. The van der Waals surface area contributed by atoms with Crippen LogP contribution in [0, 0.1) is 0 Å². The second-order valence-corrected chi connectivity index (χ2v) is 4.47. The highest BCUT2D eigenvalue weighted by Gasteiger charge is 1.98. The topological polar surface area (TPSA) is 37.2 Å². The Morgan fingerprint density at radius 3 is 2.89 bits per heavy atom. The lowest BCUT2D eigenvalue weighted by atomic mass is 10.2. The van der Waals surface area contributed by atoms with Gasteiger partial charge in [0.2, 0.25) is 0 Å². The molecule has 0 atom stereocenters. The van der Waals surface area contributed by atoms with E-state index in [0.29, 0.717) is 0 Å². The Labute approximate surface area is 108 Å². The Morgan fingerprint density at radius 1 is 1.22 bits per heavy atom. The van der Waals surface area contributed by atoms with Gasteiger partial charge in [-0.2, -0.15) is 0 Å². The third-order valence-electron chi connectivity index (χ3n) is 2.90. The molecule has 0 aliphatic rings. The fourth-order valence-electron chi connectivity index (χ4n) is 1.98. The van der Waals surface area contributed by atoms with Crippen LogP contribution in [0.2, 0.25) is 0 Å². The van der Waals surface area contributed by atoms with Gasteiger partial charge in [0.05, 0.1) is 6.61 Å². The lowest BCUT2D eigenvalue weighted by molar-refractivity contribution is 0.282. The van der Waals surface area contributed by atoms with Gasteiger partial charge in [-0.1, -0.05) is 19.1 Å². The van der Waals surface area contributed by atoms with E-state index in [0.717, 1.165) is 30.8 Å². The van der Waals surface area contributed by atoms with E-state index in [9.17, 15) is 0 Å². The molecule has 2 rings (SSSR count). The summed E-state index contributed by atoms with van der Waals surface area (Å²) in [6.45, 7) is 4.15. The zero-order valence-corrected chi connectivity index (χ0v) is 10.8. The first-order valence-corrected chi connectivity index (χ1v) is 6.40. The predicted octanol–water partition coefficient (Wildman–Crippen LogP) is 3.00. The quantitative estimate of drug-likeness (QED) is 0.819. The number of nitrogens with one attached hydrogen (secondary N) is 1. The average Bonchev–Trinajstić information content (AvgIpc) is 2.85. The van der Waals surface area contributed by atoms with Crippen LogP contribution in [0.15, 0.2) is 42.7 Å². The number of aryl methyl sites for hydroxylation is 1. The summed E-state index contributed by atoms with van der Waals surface area (Å²) in [6, 6.07) is 10.0.